The van der Waals surface area contributed by atoms with Gasteiger partial charge in [0.25, 0.3) is 0 Å². The van der Waals surface area contributed by atoms with Crippen LogP contribution in [0.5, 0.6) is 0 Å². The first-order valence-electron chi connectivity index (χ1n) is 3.47. The Bertz CT molecular complexity index is 44.3. The summed E-state index contributed by atoms with van der Waals surface area (Å²) in [7, 11) is 2.89. The summed E-state index contributed by atoms with van der Waals surface area (Å²) >= 11 is 0. The lowest BCUT2D eigenvalue weighted by atomic mass is 10.0. The Labute approximate surface area is 55.3 Å². The lowest BCUT2D eigenvalue weighted by Crippen LogP contribution is -2.07. The third-order valence-electron chi connectivity index (χ3n) is 1.85. The van der Waals surface area contributed by atoms with Gasteiger partial charge in [0.05, 0.1) is 0 Å². The molecule has 50 valence electrons. The summed E-state index contributed by atoms with van der Waals surface area (Å²) in [5.74, 6) is 0.880. The van der Waals surface area contributed by atoms with Crippen molar-refractivity contribution in [3.63, 3.8) is 0 Å². The molecule has 0 aromatic rings. The highest BCUT2D eigenvalue weighted by molar-refractivity contribution is 7.17. The first-order valence-corrected chi connectivity index (χ1v) is 4.14. The van der Waals surface area contributed by atoms with Gasteiger partial charge in [-0.2, -0.15) is 0 Å². The Kier molecular flexibility index (Phi) is 4.56. The maximum absolute atomic E-state index is 2.89. The zero-order valence-corrected chi connectivity index (χ0v) is 7.30. The average molecular weight is 132 g/mol. The van der Waals surface area contributed by atoms with Crippen molar-refractivity contribution in [1.29, 1.82) is 0 Å². The Morgan fingerprint density at radius 1 is 1.25 bits per heavy atom. The molecule has 0 fully saturated rings. The predicted octanol–water partition coefficient (Wildman–Crippen LogP) is 2.69. The number of rotatable bonds is 3. The lowest BCUT2D eigenvalue weighted by molar-refractivity contribution is 0.524. The second-order valence-electron chi connectivity index (χ2n) is 2.46. The summed E-state index contributed by atoms with van der Waals surface area (Å²) in [6.07, 6.45) is 2.60. The summed E-state index contributed by atoms with van der Waals surface area (Å²) in [5, 5.41) is 0. The van der Waals surface area contributed by atoms with Crippen LogP contribution in [-0.4, -0.2) is 5.66 Å². The summed E-state index contributed by atoms with van der Waals surface area (Å²) in [5.41, 5.74) is 0.833. The van der Waals surface area contributed by atoms with Gasteiger partial charge < -0.3 is 0 Å². The third kappa shape index (κ3) is 2.67. The number of hydrogen-bond donors (Lipinski definition) is 0. The minimum atomic E-state index is 0.833. The van der Waals surface area contributed by atoms with Crippen molar-refractivity contribution < 1.29 is 0 Å². The van der Waals surface area contributed by atoms with Gasteiger partial charge in [0.2, 0.25) is 0 Å². The molecule has 0 heterocycles. The minimum absolute atomic E-state index is 0.833. The highest BCUT2D eigenvalue weighted by atomic mass is 31.0. The average Bonchev–Trinajstić information content (AvgIpc) is 1.84. The quantitative estimate of drug-likeness (QED) is 0.518. The van der Waals surface area contributed by atoms with E-state index in [2.05, 4.69) is 30.0 Å². The zero-order valence-electron chi connectivity index (χ0n) is 6.15. The molecule has 0 spiro atoms. The van der Waals surface area contributed by atoms with Crippen LogP contribution < -0.4 is 0 Å². The second-order valence-corrected chi connectivity index (χ2v) is 3.31. The van der Waals surface area contributed by atoms with E-state index in [0.717, 1.165) is 11.6 Å². The van der Waals surface area contributed by atoms with E-state index >= 15 is 0 Å². The fourth-order valence-electron chi connectivity index (χ4n) is 0.705. The largest absolute Gasteiger partial charge is 0.134 e. The van der Waals surface area contributed by atoms with E-state index in [0.29, 0.717) is 0 Å². The normalized spacial score (nSPS) is 18.0. The van der Waals surface area contributed by atoms with Gasteiger partial charge in [-0.1, -0.05) is 27.2 Å². The topological polar surface area (TPSA) is 0 Å². The van der Waals surface area contributed by atoms with Gasteiger partial charge in [-0.15, -0.1) is 9.24 Å². The molecule has 0 aromatic heterocycles. The van der Waals surface area contributed by atoms with Crippen molar-refractivity contribution in [3.8, 4) is 0 Å². The molecule has 3 atom stereocenters. The van der Waals surface area contributed by atoms with Crippen LogP contribution in [0.25, 0.3) is 0 Å². The molecule has 1 heteroatoms. The van der Waals surface area contributed by atoms with E-state index in [4.69, 9.17) is 0 Å². The lowest BCUT2D eigenvalue weighted by Gasteiger charge is -2.14. The second kappa shape index (κ2) is 4.32. The fraction of sp³-hybridized carbons (Fsp3) is 1.00. The van der Waals surface area contributed by atoms with E-state index in [9.17, 15) is 0 Å². The first kappa shape index (κ1) is 8.43. The van der Waals surface area contributed by atoms with Crippen LogP contribution >= 0.6 is 9.24 Å². The fourth-order valence-corrected chi connectivity index (χ4v) is 0.977. The zero-order chi connectivity index (χ0) is 6.57. The molecule has 8 heavy (non-hydrogen) atoms. The van der Waals surface area contributed by atoms with Crippen LogP contribution in [0.4, 0.5) is 0 Å². The van der Waals surface area contributed by atoms with Crippen LogP contribution in [0.2, 0.25) is 0 Å². The highest BCUT2D eigenvalue weighted by Crippen LogP contribution is 2.18. The molecule has 0 aliphatic heterocycles. The number of hydrogen-bond acceptors (Lipinski definition) is 0. The monoisotopic (exact) mass is 132 g/mol. The van der Waals surface area contributed by atoms with Crippen molar-refractivity contribution in [3.05, 3.63) is 0 Å². The summed E-state index contributed by atoms with van der Waals surface area (Å²) in [4.78, 5) is 0. The van der Waals surface area contributed by atoms with Crippen molar-refractivity contribution in [1.82, 2.24) is 0 Å². The molecule has 0 nitrogen and oxygen atoms in total. The molecule has 0 N–H and O–H groups in total. The van der Waals surface area contributed by atoms with Crippen molar-refractivity contribution >= 4 is 9.24 Å². The van der Waals surface area contributed by atoms with Crippen LogP contribution in [0.15, 0.2) is 0 Å². The van der Waals surface area contributed by atoms with E-state index in [1.54, 1.807) is 0 Å². The SMILES string of the molecule is CCC(C)C(P)CC. The van der Waals surface area contributed by atoms with Gasteiger partial charge in [0.1, 0.15) is 0 Å². The van der Waals surface area contributed by atoms with Crippen molar-refractivity contribution in [2.24, 2.45) is 5.92 Å². The maximum Gasteiger partial charge on any atom is -0.0241 e. The van der Waals surface area contributed by atoms with E-state index in [1.807, 2.05) is 0 Å². The molecule has 0 aliphatic rings. The molecular weight excluding hydrogens is 115 g/mol. The molecule has 0 saturated carbocycles. The molecule has 0 rings (SSSR count). The highest BCUT2D eigenvalue weighted by Gasteiger charge is 2.05. The van der Waals surface area contributed by atoms with Gasteiger partial charge in [-0.05, 0) is 18.0 Å². The van der Waals surface area contributed by atoms with Crippen molar-refractivity contribution in [2.75, 3.05) is 0 Å². The van der Waals surface area contributed by atoms with Gasteiger partial charge in [-0.3, -0.25) is 0 Å². The van der Waals surface area contributed by atoms with Crippen molar-refractivity contribution in [2.45, 2.75) is 39.3 Å². The third-order valence-corrected chi connectivity index (χ3v) is 2.97. The summed E-state index contributed by atoms with van der Waals surface area (Å²) < 4.78 is 0. The standard InChI is InChI=1S/C7H17P/c1-4-6(3)7(8)5-2/h6-7H,4-5,8H2,1-3H3. The van der Waals surface area contributed by atoms with E-state index in [1.165, 1.54) is 12.8 Å². The van der Waals surface area contributed by atoms with Gasteiger partial charge in [-0.25, -0.2) is 0 Å². The first-order chi connectivity index (χ1) is 3.72. The van der Waals surface area contributed by atoms with E-state index < -0.39 is 0 Å². The Morgan fingerprint density at radius 3 is 1.88 bits per heavy atom. The Balaban J connectivity index is 3.29. The van der Waals surface area contributed by atoms with Crippen LogP contribution in [0.1, 0.15) is 33.6 Å². The smallest absolute Gasteiger partial charge is 0.0241 e. The predicted molar refractivity (Wildman–Crippen MR) is 43.2 cm³/mol. The summed E-state index contributed by atoms with van der Waals surface area (Å²) in [6.45, 7) is 6.79. The van der Waals surface area contributed by atoms with Gasteiger partial charge in [0, 0.05) is 0 Å². The minimum Gasteiger partial charge on any atom is -0.134 e. The van der Waals surface area contributed by atoms with Gasteiger partial charge in [0.15, 0.2) is 0 Å². The maximum atomic E-state index is 2.89. The van der Waals surface area contributed by atoms with Crippen LogP contribution in [0, 0.1) is 5.92 Å². The molecular formula is C7H17P. The van der Waals surface area contributed by atoms with Gasteiger partial charge >= 0.3 is 0 Å². The Morgan fingerprint density at radius 2 is 1.75 bits per heavy atom. The van der Waals surface area contributed by atoms with E-state index in [-0.39, 0.29) is 0 Å². The Hall–Kier alpha value is 0.430. The molecule has 0 aromatic carbocycles. The molecule has 0 aliphatic carbocycles. The molecule has 0 radical (unpaired) electrons. The summed E-state index contributed by atoms with van der Waals surface area (Å²) in [6, 6.07) is 0. The molecule has 0 amide bonds. The van der Waals surface area contributed by atoms with Crippen LogP contribution in [0.3, 0.4) is 0 Å². The molecule has 3 unspecified atom stereocenters. The molecule has 0 saturated heterocycles. The van der Waals surface area contributed by atoms with Crippen LogP contribution in [-0.2, 0) is 0 Å². The molecule has 0 bridgehead atoms.